The highest BCUT2D eigenvalue weighted by Gasteiger charge is 2.54. The highest BCUT2D eigenvalue weighted by molar-refractivity contribution is 6.21. The van der Waals surface area contributed by atoms with Gasteiger partial charge in [0.15, 0.2) is 11.6 Å². The van der Waals surface area contributed by atoms with Gasteiger partial charge in [0.25, 0.3) is 11.8 Å². The van der Waals surface area contributed by atoms with Crippen molar-refractivity contribution in [2.24, 2.45) is 17.3 Å². The van der Waals surface area contributed by atoms with E-state index in [0.29, 0.717) is 44.5 Å². The van der Waals surface area contributed by atoms with Crippen molar-refractivity contribution in [1.82, 2.24) is 15.3 Å². The minimum Gasteiger partial charge on any atom is -0.342 e. The van der Waals surface area contributed by atoms with Crippen LogP contribution in [0, 0.1) is 28.9 Å². The largest absolute Gasteiger partial charge is 0.342 e. The van der Waals surface area contributed by atoms with E-state index in [4.69, 9.17) is 0 Å². The molecule has 2 aliphatic rings. The SMILES string of the molecule is CC(C)CC1(C(CCN2C(=O)c3cc(F)c(F)cc3C2=O)C(=O)NO)CCN(CCc2ccccc2)C1=O. The van der Waals surface area contributed by atoms with Crippen LogP contribution in [0.1, 0.15) is 59.4 Å². The fourth-order valence-corrected chi connectivity index (χ4v) is 5.84. The molecule has 4 rings (SSSR count). The highest BCUT2D eigenvalue weighted by atomic mass is 19.2. The molecule has 1 fully saturated rings. The van der Waals surface area contributed by atoms with Crippen molar-refractivity contribution in [1.29, 1.82) is 0 Å². The molecule has 38 heavy (non-hydrogen) atoms. The van der Waals surface area contributed by atoms with Crippen LogP contribution in [0.25, 0.3) is 0 Å². The zero-order chi connectivity index (χ0) is 27.6. The van der Waals surface area contributed by atoms with Gasteiger partial charge in [0.1, 0.15) is 0 Å². The summed E-state index contributed by atoms with van der Waals surface area (Å²) in [6.07, 6.45) is 1.27. The molecular weight excluding hydrogens is 496 g/mol. The van der Waals surface area contributed by atoms with Gasteiger partial charge in [-0.15, -0.1) is 0 Å². The summed E-state index contributed by atoms with van der Waals surface area (Å²) in [6.45, 7) is 4.50. The lowest BCUT2D eigenvalue weighted by molar-refractivity contribution is -0.150. The van der Waals surface area contributed by atoms with Crippen molar-refractivity contribution in [3.8, 4) is 0 Å². The second kappa shape index (κ2) is 11.0. The van der Waals surface area contributed by atoms with E-state index in [1.54, 1.807) is 10.4 Å². The van der Waals surface area contributed by atoms with Crippen molar-refractivity contribution < 1.29 is 33.2 Å². The number of fused-ring (bicyclic) bond motifs is 1. The van der Waals surface area contributed by atoms with Crippen LogP contribution in [0.5, 0.6) is 0 Å². The third-order valence-corrected chi connectivity index (χ3v) is 7.57. The summed E-state index contributed by atoms with van der Waals surface area (Å²) in [7, 11) is 0. The number of hydrogen-bond acceptors (Lipinski definition) is 5. The average Bonchev–Trinajstić information content (AvgIpc) is 3.31. The molecule has 0 radical (unpaired) electrons. The lowest BCUT2D eigenvalue weighted by Crippen LogP contribution is -2.48. The molecule has 2 unspecified atom stereocenters. The number of likely N-dealkylation sites (tertiary alicyclic amines) is 1. The van der Waals surface area contributed by atoms with Gasteiger partial charge in [-0.25, -0.2) is 14.3 Å². The number of carbonyl (C=O) groups is 4. The Morgan fingerprint density at radius 1 is 1.03 bits per heavy atom. The number of benzene rings is 2. The number of carbonyl (C=O) groups excluding carboxylic acids is 4. The summed E-state index contributed by atoms with van der Waals surface area (Å²) < 4.78 is 27.4. The molecule has 0 aliphatic carbocycles. The van der Waals surface area contributed by atoms with E-state index in [-0.39, 0.29) is 35.9 Å². The molecule has 8 nitrogen and oxygen atoms in total. The van der Waals surface area contributed by atoms with Crippen LogP contribution in [0.15, 0.2) is 42.5 Å². The second-order valence-corrected chi connectivity index (χ2v) is 10.4. The van der Waals surface area contributed by atoms with Crippen LogP contribution >= 0.6 is 0 Å². The first-order valence-electron chi connectivity index (χ1n) is 12.7. The zero-order valence-corrected chi connectivity index (χ0v) is 21.4. The van der Waals surface area contributed by atoms with Crippen molar-refractivity contribution in [2.75, 3.05) is 19.6 Å². The predicted octanol–water partition coefficient (Wildman–Crippen LogP) is 3.58. The molecule has 2 heterocycles. The number of nitrogens with zero attached hydrogens (tertiary/aromatic N) is 2. The summed E-state index contributed by atoms with van der Waals surface area (Å²) in [4.78, 5) is 55.0. The molecule has 202 valence electrons. The lowest BCUT2D eigenvalue weighted by atomic mass is 9.67. The van der Waals surface area contributed by atoms with Crippen molar-refractivity contribution in [2.45, 2.75) is 39.5 Å². The van der Waals surface area contributed by atoms with E-state index < -0.39 is 40.7 Å². The predicted molar refractivity (Wildman–Crippen MR) is 133 cm³/mol. The van der Waals surface area contributed by atoms with Crippen molar-refractivity contribution in [3.63, 3.8) is 0 Å². The van der Waals surface area contributed by atoms with Crippen LogP contribution in [-0.2, 0) is 16.0 Å². The monoisotopic (exact) mass is 527 g/mol. The Morgan fingerprint density at radius 2 is 1.63 bits per heavy atom. The second-order valence-electron chi connectivity index (χ2n) is 10.4. The van der Waals surface area contributed by atoms with E-state index >= 15 is 0 Å². The first-order chi connectivity index (χ1) is 18.1. The molecule has 10 heteroatoms. The Morgan fingerprint density at radius 3 is 2.18 bits per heavy atom. The van der Waals surface area contributed by atoms with Gasteiger partial charge < -0.3 is 4.90 Å². The van der Waals surface area contributed by atoms with Gasteiger partial charge >= 0.3 is 0 Å². The van der Waals surface area contributed by atoms with Gasteiger partial charge in [-0.2, -0.15) is 0 Å². The number of nitrogens with one attached hydrogen (secondary N) is 1. The van der Waals surface area contributed by atoms with E-state index in [0.717, 1.165) is 10.5 Å². The molecule has 0 aromatic heterocycles. The number of rotatable bonds is 10. The molecule has 4 amide bonds. The fraction of sp³-hybridized carbons (Fsp3) is 0.429. The van der Waals surface area contributed by atoms with E-state index in [1.807, 2.05) is 44.2 Å². The van der Waals surface area contributed by atoms with Crippen molar-refractivity contribution in [3.05, 3.63) is 70.8 Å². The summed E-state index contributed by atoms with van der Waals surface area (Å²) in [5.74, 6) is -6.08. The minimum atomic E-state index is -1.24. The molecule has 2 N–H and O–H groups in total. The first kappa shape index (κ1) is 27.4. The van der Waals surface area contributed by atoms with Gasteiger partial charge in [0, 0.05) is 19.6 Å². The molecule has 0 bridgehead atoms. The van der Waals surface area contributed by atoms with E-state index in [9.17, 15) is 33.2 Å². The van der Waals surface area contributed by atoms with Gasteiger partial charge in [0.2, 0.25) is 11.8 Å². The lowest BCUT2D eigenvalue weighted by Gasteiger charge is -2.36. The number of amides is 4. The third kappa shape index (κ3) is 5.05. The number of hydrogen-bond donors (Lipinski definition) is 2. The van der Waals surface area contributed by atoms with Gasteiger partial charge in [-0.3, -0.25) is 29.3 Å². The number of hydroxylamine groups is 1. The van der Waals surface area contributed by atoms with Crippen LogP contribution in [0.2, 0.25) is 0 Å². The maximum absolute atomic E-state index is 13.9. The highest BCUT2D eigenvalue weighted by Crippen LogP contribution is 2.46. The normalized spacial score (nSPS) is 19.9. The third-order valence-electron chi connectivity index (χ3n) is 7.57. The Bertz CT molecular complexity index is 1210. The fourth-order valence-electron chi connectivity index (χ4n) is 5.84. The Kier molecular flexibility index (Phi) is 7.91. The summed E-state index contributed by atoms with van der Waals surface area (Å²) in [6, 6.07) is 11.1. The molecule has 2 aliphatic heterocycles. The topological polar surface area (TPSA) is 107 Å². The summed E-state index contributed by atoms with van der Waals surface area (Å²) in [5, 5.41) is 9.56. The minimum absolute atomic E-state index is 0.0345. The van der Waals surface area contributed by atoms with E-state index in [1.165, 1.54) is 0 Å². The molecule has 2 aromatic rings. The van der Waals surface area contributed by atoms with Crippen LogP contribution < -0.4 is 5.48 Å². The van der Waals surface area contributed by atoms with E-state index in [2.05, 4.69) is 0 Å². The summed E-state index contributed by atoms with van der Waals surface area (Å²) >= 11 is 0. The van der Waals surface area contributed by atoms with Crippen molar-refractivity contribution >= 4 is 23.6 Å². The van der Waals surface area contributed by atoms with Crippen LogP contribution in [-0.4, -0.2) is 58.3 Å². The zero-order valence-electron chi connectivity index (χ0n) is 21.4. The number of halogens is 2. The van der Waals surface area contributed by atoms with Crippen LogP contribution in [0.4, 0.5) is 8.78 Å². The maximum atomic E-state index is 13.9. The quantitative estimate of drug-likeness (QED) is 0.279. The molecule has 2 aromatic carbocycles. The Hall–Kier alpha value is -3.66. The molecule has 2 atom stereocenters. The first-order valence-corrected chi connectivity index (χ1v) is 12.7. The number of imide groups is 1. The maximum Gasteiger partial charge on any atom is 0.261 e. The molecular formula is C28H31F2N3O5. The smallest absolute Gasteiger partial charge is 0.261 e. The Balaban J connectivity index is 1.56. The van der Waals surface area contributed by atoms with Gasteiger partial charge in [0.05, 0.1) is 22.5 Å². The van der Waals surface area contributed by atoms with Crippen LogP contribution in [0.3, 0.4) is 0 Å². The standard InChI is InChI=1S/C28H31F2N3O5/c1-17(2)16-28(10-13-32(27(28)37)11-8-18-6-4-3-5-7-18)21(24(34)31-38)9-12-33-25(35)19-14-22(29)23(30)15-20(19)26(33)36/h3-7,14-15,17,21,38H,8-13,16H2,1-2H3,(H,31,34). The molecule has 0 saturated carbocycles. The van der Waals surface area contributed by atoms with Gasteiger partial charge in [-0.05, 0) is 49.3 Å². The average molecular weight is 528 g/mol. The Labute approximate surface area is 219 Å². The molecule has 0 spiro atoms. The molecule has 1 saturated heterocycles. The van der Waals surface area contributed by atoms with Gasteiger partial charge in [-0.1, -0.05) is 44.2 Å². The summed E-state index contributed by atoms with van der Waals surface area (Å²) in [5.41, 5.74) is 1.09.